The normalized spacial score (nSPS) is 16.2. The highest BCUT2D eigenvalue weighted by Gasteiger charge is 2.11. The van der Waals surface area contributed by atoms with Crippen molar-refractivity contribution < 1.29 is 9.53 Å². The van der Waals surface area contributed by atoms with Crippen LogP contribution in [0.2, 0.25) is 0 Å². The number of imidazole rings is 1. The Balaban J connectivity index is 1.63. The number of aromatic nitrogens is 2. The first-order valence-corrected chi connectivity index (χ1v) is 7.10. The Morgan fingerprint density at radius 3 is 2.95 bits per heavy atom. The lowest BCUT2D eigenvalue weighted by Gasteiger charge is -2.26. The maximum absolute atomic E-state index is 11.9. The molecule has 1 aromatic heterocycles. The highest BCUT2D eigenvalue weighted by atomic mass is 16.5. The van der Waals surface area contributed by atoms with Gasteiger partial charge in [-0.15, -0.1) is 0 Å². The van der Waals surface area contributed by atoms with Crippen LogP contribution in [-0.2, 0) is 11.3 Å². The molecular weight excluding hydrogens is 258 g/mol. The molecule has 1 saturated heterocycles. The van der Waals surface area contributed by atoms with Gasteiger partial charge in [0.25, 0.3) is 5.91 Å². The Kier molecular flexibility index (Phi) is 5.97. The lowest BCUT2D eigenvalue weighted by atomic mass is 10.3. The minimum absolute atomic E-state index is 0.122. The van der Waals surface area contributed by atoms with Gasteiger partial charge < -0.3 is 20.4 Å². The Hall–Kier alpha value is -1.44. The third-order valence-electron chi connectivity index (χ3n) is 3.29. The van der Waals surface area contributed by atoms with E-state index in [2.05, 4.69) is 15.2 Å². The van der Waals surface area contributed by atoms with E-state index in [1.165, 1.54) is 0 Å². The summed E-state index contributed by atoms with van der Waals surface area (Å²) in [4.78, 5) is 18.3. The molecule has 0 radical (unpaired) electrons. The molecule has 0 bridgehead atoms. The number of rotatable bonds is 7. The van der Waals surface area contributed by atoms with Crippen LogP contribution in [0.1, 0.15) is 16.9 Å². The van der Waals surface area contributed by atoms with Crippen LogP contribution in [0.4, 0.5) is 0 Å². The van der Waals surface area contributed by atoms with Crippen molar-refractivity contribution in [1.82, 2.24) is 19.8 Å². The molecule has 1 fully saturated rings. The molecule has 2 heterocycles. The zero-order valence-corrected chi connectivity index (χ0v) is 11.8. The monoisotopic (exact) mass is 281 g/mol. The summed E-state index contributed by atoms with van der Waals surface area (Å²) in [6.45, 7) is 6.46. The number of amides is 1. The van der Waals surface area contributed by atoms with E-state index in [0.29, 0.717) is 25.3 Å². The summed E-state index contributed by atoms with van der Waals surface area (Å²) in [6, 6.07) is 0. The number of hydrogen-bond donors (Lipinski definition) is 2. The van der Waals surface area contributed by atoms with Crippen molar-refractivity contribution in [2.24, 2.45) is 5.73 Å². The highest BCUT2D eigenvalue weighted by molar-refractivity contribution is 5.91. The first-order chi connectivity index (χ1) is 9.79. The second kappa shape index (κ2) is 7.98. The van der Waals surface area contributed by atoms with Gasteiger partial charge >= 0.3 is 0 Å². The SMILES string of the molecule is NCCn1cnc(C(=O)NCCCN2CCOCC2)c1. The van der Waals surface area contributed by atoms with E-state index >= 15 is 0 Å². The molecule has 1 aromatic rings. The summed E-state index contributed by atoms with van der Waals surface area (Å²) < 4.78 is 7.12. The number of carbonyl (C=O) groups excluding carboxylic acids is 1. The molecule has 0 aromatic carbocycles. The number of nitrogens with two attached hydrogens (primary N) is 1. The van der Waals surface area contributed by atoms with Crippen LogP contribution in [0.5, 0.6) is 0 Å². The number of nitrogens with zero attached hydrogens (tertiary/aromatic N) is 3. The quantitative estimate of drug-likeness (QED) is 0.645. The molecule has 0 saturated carbocycles. The van der Waals surface area contributed by atoms with Crippen LogP contribution >= 0.6 is 0 Å². The number of hydrogen-bond acceptors (Lipinski definition) is 5. The van der Waals surface area contributed by atoms with E-state index in [1.54, 1.807) is 12.5 Å². The molecule has 1 aliphatic heterocycles. The first-order valence-electron chi connectivity index (χ1n) is 7.10. The van der Waals surface area contributed by atoms with Crippen molar-refractivity contribution in [2.45, 2.75) is 13.0 Å². The summed E-state index contributed by atoms with van der Waals surface area (Å²) in [5.41, 5.74) is 5.90. The predicted octanol–water partition coefficient (Wildman–Crippen LogP) is -0.706. The van der Waals surface area contributed by atoms with Crippen LogP contribution in [-0.4, -0.2) is 66.3 Å². The number of ether oxygens (including phenoxy) is 1. The molecule has 0 spiro atoms. The zero-order valence-electron chi connectivity index (χ0n) is 11.8. The molecule has 1 aliphatic rings. The van der Waals surface area contributed by atoms with E-state index in [1.807, 2.05) is 4.57 Å². The van der Waals surface area contributed by atoms with Crippen molar-refractivity contribution in [1.29, 1.82) is 0 Å². The Morgan fingerprint density at radius 2 is 2.20 bits per heavy atom. The van der Waals surface area contributed by atoms with Gasteiger partial charge in [0.15, 0.2) is 0 Å². The Bertz CT molecular complexity index is 415. The molecule has 0 atom stereocenters. The average Bonchev–Trinajstić information content (AvgIpc) is 2.94. The molecule has 1 amide bonds. The van der Waals surface area contributed by atoms with Crippen LogP contribution in [0.25, 0.3) is 0 Å². The van der Waals surface area contributed by atoms with Crippen molar-refractivity contribution in [3.8, 4) is 0 Å². The first kappa shape index (κ1) is 15.0. The van der Waals surface area contributed by atoms with Gasteiger partial charge in [0.05, 0.1) is 19.5 Å². The van der Waals surface area contributed by atoms with E-state index in [4.69, 9.17) is 10.5 Å². The number of nitrogens with one attached hydrogen (secondary N) is 1. The van der Waals surface area contributed by atoms with E-state index < -0.39 is 0 Å². The van der Waals surface area contributed by atoms with Gasteiger partial charge in [0.1, 0.15) is 5.69 Å². The summed E-state index contributed by atoms with van der Waals surface area (Å²) in [7, 11) is 0. The zero-order chi connectivity index (χ0) is 14.2. The molecular formula is C13H23N5O2. The fraction of sp³-hybridized carbons (Fsp3) is 0.692. The summed E-state index contributed by atoms with van der Waals surface area (Å²) in [5, 5.41) is 2.89. The van der Waals surface area contributed by atoms with Gasteiger partial charge in [-0.3, -0.25) is 9.69 Å². The molecule has 0 unspecified atom stereocenters. The van der Waals surface area contributed by atoms with Gasteiger partial charge in [-0.2, -0.15) is 0 Å². The van der Waals surface area contributed by atoms with Crippen molar-refractivity contribution in [2.75, 3.05) is 45.9 Å². The van der Waals surface area contributed by atoms with Crippen molar-refractivity contribution >= 4 is 5.91 Å². The smallest absolute Gasteiger partial charge is 0.271 e. The van der Waals surface area contributed by atoms with Crippen LogP contribution in [0, 0.1) is 0 Å². The standard InChI is InChI=1S/C13H23N5O2/c14-2-5-18-10-12(16-11-18)13(19)15-3-1-4-17-6-8-20-9-7-17/h10-11H,1-9,14H2,(H,15,19). The average molecular weight is 281 g/mol. The minimum Gasteiger partial charge on any atom is -0.379 e. The molecule has 112 valence electrons. The Morgan fingerprint density at radius 1 is 1.40 bits per heavy atom. The Labute approximate surface area is 119 Å². The highest BCUT2D eigenvalue weighted by Crippen LogP contribution is 1.98. The third-order valence-corrected chi connectivity index (χ3v) is 3.29. The molecule has 3 N–H and O–H groups in total. The minimum atomic E-state index is -0.122. The van der Waals surface area contributed by atoms with E-state index in [-0.39, 0.29) is 5.91 Å². The maximum Gasteiger partial charge on any atom is 0.271 e. The fourth-order valence-electron chi connectivity index (χ4n) is 2.17. The maximum atomic E-state index is 11.9. The lowest BCUT2D eigenvalue weighted by Crippen LogP contribution is -2.38. The van der Waals surface area contributed by atoms with Gasteiger partial charge in [-0.05, 0) is 13.0 Å². The van der Waals surface area contributed by atoms with Crippen LogP contribution < -0.4 is 11.1 Å². The molecule has 7 nitrogen and oxygen atoms in total. The summed E-state index contributed by atoms with van der Waals surface area (Å²) >= 11 is 0. The molecule has 20 heavy (non-hydrogen) atoms. The van der Waals surface area contributed by atoms with Crippen LogP contribution in [0.3, 0.4) is 0 Å². The van der Waals surface area contributed by atoms with Gasteiger partial charge in [-0.25, -0.2) is 4.98 Å². The van der Waals surface area contributed by atoms with Gasteiger partial charge in [0.2, 0.25) is 0 Å². The van der Waals surface area contributed by atoms with Crippen molar-refractivity contribution in [3.05, 3.63) is 18.2 Å². The third kappa shape index (κ3) is 4.59. The summed E-state index contributed by atoms with van der Waals surface area (Å²) in [6.07, 6.45) is 4.30. The van der Waals surface area contributed by atoms with Crippen LogP contribution in [0.15, 0.2) is 12.5 Å². The predicted molar refractivity (Wildman–Crippen MR) is 75.5 cm³/mol. The van der Waals surface area contributed by atoms with E-state index in [0.717, 1.165) is 39.3 Å². The molecule has 7 heteroatoms. The van der Waals surface area contributed by atoms with Crippen molar-refractivity contribution in [3.63, 3.8) is 0 Å². The fourth-order valence-corrected chi connectivity index (χ4v) is 2.17. The second-order valence-electron chi connectivity index (χ2n) is 4.85. The van der Waals surface area contributed by atoms with E-state index in [9.17, 15) is 4.79 Å². The number of morpholine rings is 1. The molecule has 0 aliphatic carbocycles. The van der Waals surface area contributed by atoms with Gasteiger partial charge in [0, 0.05) is 38.9 Å². The second-order valence-corrected chi connectivity index (χ2v) is 4.85. The van der Waals surface area contributed by atoms with Gasteiger partial charge in [-0.1, -0.05) is 0 Å². The molecule has 2 rings (SSSR count). The largest absolute Gasteiger partial charge is 0.379 e. The number of carbonyl (C=O) groups is 1. The topological polar surface area (TPSA) is 85.4 Å². The lowest BCUT2D eigenvalue weighted by molar-refractivity contribution is 0.0374. The summed E-state index contributed by atoms with van der Waals surface area (Å²) in [5.74, 6) is -0.122.